The predicted octanol–water partition coefficient (Wildman–Crippen LogP) is 2.55. The van der Waals surface area contributed by atoms with Gasteiger partial charge >= 0.3 is 0 Å². The number of amides is 1. The van der Waals surface area contributed by atoms with Gasteiger partial charge in [0, 0.05) is 17.5 Å². The first-order chi connectivity index (χ1) is 8.08. The summed E-state index contributed by atoms with van der Waals surface area (Å²) < 4.78 is 0. The number of carbonyl (C=O) groups is 1. The summed E-state index contributed by atoms with van der Waals surface area (Å²) in [5, 5.41) is 11.5. The maximum Gasteiger partial charge on any atom is 0.251 e. The lowest BCUT2D eigenvalue weighted by Gasteiger charge is -2.19. The van der Waals surface area contributed by atoms with Crippen LogP contribution in [-0.4, -0.2) is 17.8 Å². The fraction of sp³-hybridized carbons (Fsp3) is 0.385. The topological polar surface area (TPSA) is 52.9 Å². The number of hydrogen-bond acceptors (Lipinski definition) is 2. The molecule has 1 atom stereocenters. The molecule has 3 nitrogen and oxygen atoms in total. The number of benzene rings is 1. The third-order valence-corrected chi connectivity index (χ3v) is 2.90. The molecule has 0 aliphatic rings. The van der Waals surface area contributed by atoms with Crippen molar-refractivity contribution in [3.63, 3.8) is 0 Å². The van der Waals surface area contributed by atoms with Crippen LogP contribution in [0.2, 0.25) is 0 Å². The molecule has 1 aromatic carbocycles. The molecule has 0 radical (unpaired) electrons. The van der Waals surface area contributed by atoms with E-state index in [-0.39, 0.29) is 17.9 Å². The van der Waals surface area contributed by atoms with Crippen LogP contribution in [0.1, 0.15) is 29.8 Å². The second-order valence-corrected chi connectivity index (χ2v) is 4.48. The highest BCUT2D eigenvalue weighted by molar-refractivity contribution is 6.18. The highest BCUT2D eigenvalue weighted by atomic mass is 35.5. The SMILES string of the molecule is CC(C)C(CCl)NC(=O)c1ccc(C#N)cc1. The van der Waals surface area contributed by atoms with E-state index < -0.39 is 0 Å². The van der Waals surface area contributed by atoms with Gasteiger partial charge in [-0.2, -0.15) is 5.26 Å². The van der Waals surface area contributed by atoms with Gasteiger partial charge in [-0.05, 0) is 30.2 Å². The number of nitrogens with zero attached hydrogens (tertiary/aromatic N) is 1. The van der Waals surface area contributed by atoms with Gasteiger partial charge < -0.3 is 5.32 Å². The van der Waals surface area contributed by atoms with Crippen molar-refractivity contribution in [3.8, 4) is 6.07 Å². The Bertz CT molecular complexity index is 420. The quantitative estimate of drug-likeness (QED) is 0.835. The Balaban J connectivity index is 2.73. The maximum absolute atomic E-state index is 11.9. The normalized spacial score (nSPS) is 11.9. The number of rotatable bonds is 4. The van der Waals surface area contributed by atoms with Crippen LogP contribution < -0.4 is 5.32 Å². The highest BCUT2D eigenvalue weighted by Gasteiger charge is 2.15. The average Bonchev–Trinajstić information content (AvgIpc) is 2.35. The molecule has 17 heavy (non-hydrogen) atoms. The number of hydrogen-bond donors (Lipinski definition) is 1. The van der Waals surface area contributed by atoms with E-state index in [9.17, 15) is 4.79 Å². The second-order valence-electron chi connectivity index (χ2n) is 4.17. The highest BCUT2D eigenvalue weighted by Crippen LogP contribution is 2.07. The van der Waals surface area contributed by atoms with E-state index in [1.165, 1.54) is 0 Å². The molecule has 0 saturated carbocycles. The minimum atomic E-state index is -0.158. The smallest absolute Gasteiger partial charge is 0.251 e. The van der Waals surface area contributed by atoms with Crippen LogP contribution in [0.15, 0.2) is 24.3 Å². The third kappa shape index (κ3) is 3.76. The second kappa shape index (κ2) is 6.27. The van der Waals surface area contributed by atoms with Crippen molar-refractivity contribution in [1.29, 1.82) is 5.26 Å². The maximum atomic E-state index is 11.9. The number of alkyl halides is 1. The summed E-state index contributed by atoms with van der Waals surface area (Å²) in [5.74, 6) is 0.517. The molecule has 1 aromatic rings. The molecule has 0 heterocycles. The molecule has 1 amide bonds. The molecule has 4 heteroatoms. The van der Waals surface area contributed by atoms with Crippen LogP contribution in [0.3, 0.4) is 0 Å². The zero-order valence-electron chi connectivity index (χ0n) is 9.90. The monoisotopic (exact) mass is 250 g/mol. The van der Waals surface area contributed by atoms with Crippen molar-refractivity contribution >= 4 is 17.5 Å². The Kier molecular flexibility index (Phi) is 4.99. The van der Waals surface area contributed by atoms with Crippen molar-refractivity contribution in [2.75, 3.05) is 5.88 Å². The van der Waals surface area contributed by atoms with Crippen molar-refractivity contribution in [2.45, 2.75) is 19.9 Å². The molecule has 1 unspecified atom stereocenters. The molecule has 1 rings (SSSR count). The van der Waals surface area contributed by atoms with Crippen LogP contribution in [0.5, 0.6) is 0 Å². The van der Waals surface area contributed by atoms with E-state index in [1.807, 2.05) is 19.9 Å². The third-order valence-electron chi connectivity index (χ3n) is 2.56. The number of nitrogens with one attached hydrogen (secondary N) is 1. The van der Waals surface area contributed by atoms with E-state index in [2.05, 4.69) is 5.32 Å². The van der Waals surface area contributed by atoms with E-state index in [0.29, 0.717) is 17.0 Å². The molecule has 0 aromatic heterocycles. The Labute approximate surface area is 106 Å². The lowest BCUT2D eigenvalue weighted by Crippen LogP contribution is -2.39. The Morgan fingerprint density at radius 2 is 2.00 bits per heavy atom. The van der Waals surface area contributed by atoms with Gasteiger partial charge in [0.05, 0.1) is 11.6 Å². The minimum absolute atomic E-state index is 0.0418. The summed E-state index contributed by atoms with van der Waals surface area (Å²) >= 11 is 5.78. The van der Waals surface area contributed by atoms with Crippen molar-refractivity contribution in [2.24, 2.45) is 5.92 Å². The van der Waals surface area contributed by atoms with Crippen LogP contribution in [0.4, 0.5) is 0 Å². The lowest BCUT2D eigenvalue weighted by molar-refractivity contribution is 0.0931. The van der Waals surface area contributed by atoms with E-state index in [0.717, 1.165) is 0 Å². The Morgan fingerprint density at radius 1 is 1.41 bits per heavy atom. The first-order valence-electron chi connectivity index (χ1n) is 5.45. The summed E-state index contributed by atoms with van der Waals surface area (Å²) in [4.78, 5) is 11.9. The van der Waals surface area contributed by atoms with Gasteiger partial charge in [0.15, 0.2) is 0 Å². The lowest BCUT2D eigenvalue weighted by atomic mass is 10.1. The summed E-state index contributed by atoms with van der Waals surface area (Å²) in [6.07, 6.45) is 0. The average molecular weight is 251 g/mol. The molecule has 0 saturated heterocycles. The summed E-state index contributed by atoms with van der Waals surface area (Å²) in [5.41, 5.74) is 1.08. The van der Waals surface area contributed by atoms with Crippen LogP contribution in [0, 0.1) is 17.2 Å². The number of carbonyl (C=O) groups excluding carboxylic acids is 1. The minimum Gasteiger partial charge on any atom is -0.348 e. The number of halogens is 1. The van der Waals surface area contributed by atoms with E-state index in [4.69, 9.17) is 16.9 Å². The summed E-state index contributed by atoms with van der Waals surface area (Å²) in [6.45, 7) is 4.01. The van der Waals surface area contributed by atoms with Gasteiger partial charge in [-0.3, -0.25) is 4.79 Å². The Hall–Kier alpha value is -1.53. The molecular weight excluding hydrogens is 236 g/mol. The number of nitriles is 1. The Morgan fingerprint density at radius 3 is 2.41 bits per heavy atom. The molecular formula is C13H15ClN2O. The van der Waals surface area contributed by atoms with Gasteiger partial charge in [-0.25, -0.2) is 0 Å². The van der Waals surface area contributed by atoms with Crippen molar-refractivity contribution in [3.05, 3.63) is 35.4 Å². The van der Waals surface area contributed by atoms with Crippen LogP contribution >= 0.6 is 11.6 Å². The molecule has 0 spiro atoms. The zero-order chi connectivity index (χ0) is 12.8. The fourth-order valence-corrected chi connectivity index (χ4v) is 1.76. The van der Waals surface area contributed by atoms with E-state index in [1.54, 1.807) is 24.3 Å². The van der Waals surface area contributed by atoms with Gasteiger partial charge in [0.2, 0.25) is 0 Å². The molecule has 90 valence electrons. The first-order valence-corrected chi connectivity index (χ1v) is 5.99. The predicted molar refractivity (Wildman–Crippen MR) is 68.0 cm³/mol. The first kappa shape index (κ1) is 13.5. The summed E-state index contributed by atoms with van der Waals surface area (Å²) in [7, 11) is 0. The van der Waals surface area contributed by atoms with Gasteiger partial charge in [0.25, 0.3) is 5.91 Å². The fourth-order valence-electron chi connectivity index (χ4n) is 1.33. The molecule has 0 bridgehead atoms. The van der Waals surface area contributed by atoms with Gasteiger partial charge in [-0.1, -0.05) is 13.8 Å². The van der Waals surface area contributed by atoms with Gasteiger partial charge in [0.1, 0.15) is 0 Å². The van der Waals surface area contributed by atoms with Crippen LogP contribution in [0.25, 0.3) is 0 Å². The van der Waals surface area contributed by atoms with Gasteiger partial charge in [-0.15, -0.1) is 11.6 Å². The van der Waals surface area contributed by atoms with E-state index >= 15 is 0 Å². The molecule has 0 fully saturated rings. The van der Waals surface area contributed by atoms with Crippen molar-refractivity contribution < 1.29 is 4.79 Å². The molecule has 0 aliphatic heterocycles. The standard InChI is InChI=1S/C13H15ClN2O/c1-9(2)12(7-14)16-13(17)11-5-3-10(8-15)4-6-11/h3-6,9,12H,7H2,1-2H3,(H,16,17). The summed E-state index contributed by atoms with van der Waals surface area (Å²) in [6, 6.07) is 8.50. The largest absolute Gasteiger partial charge is 0.348 e. The van der Waals surface area contributed by atoms with Crippen LogP contribution in [-0.2, 0) is 0 Å². The zero-order valence-corrected chi connectivity index (χ0v) is 10.7. The molecule has 1 N–H and O–H groups in total. The van der Waals surface area contributed by atoms with Crippen molar-refractivity contribution in [1.82, 2.24) is 5.32 Å². The molecule has 0 aliphatic carbocycles.